The molecule has 0 saturated carbocycles. The third kappa shape index (κ3) is 3.82. The molecular weight excluding hydrogens is 408 g/mol. The number of aromatic amines is 1. The van der Waals surface area contributed by atoms with Crippen molar-refractivity contribution in [1.29, 1.82) is 0 Å². The van der Waals surface area contributed by atoms with Crippen LogP contribution in [0.5, 0.6) is 0 Å². The lowest BCUT2D eigenvalue weighted by molar-refractivity contribution is -0.116. The van der Waals surface area contributed by atoms with Gasteiger partial charge in [-0.25, -0.2) is 4.79 Å². The molecule has 0 bridgehead atoms. The Bertz CT molecular complexity index is 813. The minimum absolute atomic E-state index is 0.170. The smallest absolute Gasteiger partial charge is 0.328 e. The number of anilines is 2. The maximum atomic E-state index is 11.9. The average molecular weight is 418 g/mol. The van der Waals surface area contributed by atoms with E-state index in [4.69, 9.17) is 5.73 Å². The Balaban J connectivity index is 2.17. The molecule has 21 heavy (non-hydrogen) atoms. The van der Waals surface area contributed by atoms with Crippen molar-refractivity contribution in [3.63, 3.8) is 0 Å². The van der Waals surface area contributed by atoms with Crippen molar-refractivity contribution in [3.05, 3.63) is 54.2 Å². The largest absolute Gasteiger partial charge is 0.399 e. The van der Waals surface area contributed by atoms with Crippen LogP contribution in [-0.4, -0.2) is 15.5 Å². The fourth-order valence-corrected chi connectivity index (χ4v) is 2.42. The summed E-state index contributed by atoms with van der Waals surface area (Å²) >= 11 is 6.28. The van der Waals surface area contributed by atoms with Crippen molar-refractivity contribution in [2.45, 2.75) is 6.54 Å². The minimum atomic E-state index is -0.658. The molecule has 0 radical (unpaired) electrons. The fraction of sp³-hybridized carbons (Fsp3) is 0.0833. The first kappa shape index (κ1) is 15.5. The van der Waals surface area contributed by atoms with Crippen molar-refractivity contribution in [3.8, 4) is 0 Å². The van der Waals surface area contributed by atoms with Crippen molar-refractivity contribution in [2.75, 3.05) is 11.1 Å². The zero-order valence-corrected chi connectivity index (χ0v) is 13.7. The molecule has 7 nitrogen and oxygen atoms in total. The average Bonchev–Trinajstić information content (AvgIpc) is 2.39. The summed E-state index contributed by atoms with van der Waals surface area (Å²) in [5, 5.41) is 2.64. The number of aromatic nitrogens is 2. The van der Waals surface area contributed by atoms with Crippen LogP contribution in [0, 0.1) is 0 Å². The van der Waals surface area contributed by atoms with Gasteiger partial charge >= 0.3 is 5.69 Å². The molecule has 0 fully saturated rings. The van der Waals surface area contributed by atoms with Crippen LogP contribution in [0.3, 0.4) is 0 Å². The van der Waals surface area contributed by atoms with Gasteiger partial charge in [0.2, 0.25) is 5.91 Å². The Morgan fingerprint density at radius 3 is 2.67 bits per heavy atom. The first-order chi connectivity index (χ1) is 9.86. The number of amides is 1. The second kappa shape index (κ2) is 6.27. The Hall–Kier alpha value is -1.87. The second-order valence-electron chi connectivity index (χ2n) is 4.15. The predicted molar refractivity (Wildman–Crippen MR) is 86.2 cm³/mol. The zero-order chi connectivity index (χ0) is 15.6. The van der Waals surface area contributed by atoms with Gasteiger partial charge in [-0.1, -0.05) is 0 Å². The fourth-order valence-electron chi connectivity index (χ4n) is 1.58. The molecule has 2 rings (SSSR count). The molecule has 4 N–H and O–H groups in total. The maximum Gasteiger partial charge on any atom is 0.328 e. The summed E-state index contributed by atoms with van der Waals surface area (Å²) in [7, 11) is 0. The number of hydrogen-bond acceptors (Lipinski definition) is 4. The number of rotatable bonds is 3. The summed E-state index contributed by atoms with van der Waals surface area (Å²) in [4.78, 5) is 36.8. The third-order valence-electron chi connectivity index (χ3n) is 2.55. The van der Waals surface area contributed by atoms with E-state index in [9.17, 15) is 14.4 Å². The number of halogens is 2. The van der Waals surface area contributed by atoms with E-state index < -0.39 is 17.2 Å². The molecule has 0 saturated heterocycles. The Kier molecular flexibility index (Phi) is 4.63. The molecule has 0 aliphatic carbocycles. The van der Waals surface area contributed by atoms with E-state index >= 15 is 0 Å². The van der Waals surface area contributed by atoms with E-state index in [-0.39, 0.29) is 11.0 Å². The van der Waals surface area contributed by atoms with Gasteiger partial charge in [-0.2, -0.15) is 0 Å². The van der Waals surface area contributed by atoms with Crippen molar-refractivity contribution >= 4 is 49.1 Å². The number of benzene rings is 1. The van der Waals surface area contributed by atoms with Gasteiger partial charge in [-0.3, -0.25) is 19.1 Å². The number of carbonyl (C=O) groups is 1. The number of hydrogen-bond donors (Lipinski definition) is 3. The normalized spacial score (nSPS) is 10.4. The molecule has 1 amide bonds. The maximum absolute atomic E-state index is 11.9. The molecule has 110 valence electrons. The van der Waals surface area contributed by atoms with Crippen LogP contribution in [0.4, 0.5) is 11.4 Å². The number of nitrogens with one attached hydrogen (secondary N) is 2. The van der Waals surface area contributed by atoms with E-state index in [0.29, 0.717) is 15.8 Å². The van der Waals surface area contributed by atoms with E-state index in [1.807, 2.05) is 0 Å². The monoisotopic (exact) mass is 416 g/mol. The van der Waals surface area contributed by atoms with Gasteiger partial charge in [-0.05, 0) is 50.1 Å². The highest BCUT2D eigenvalue weighted by Crippen LogP contribution is 2.24. The van der Waals surface area contributed by atoms with E-state index in [0.717, 1.165) is 4.57 Å². The molecule has 0 aliphatic heterocycles. The number of nitrogens with two attached hydrogens (primary N) is 1. The summed E-state index contributed by atoms with van der Waals surface area (Å²) in [6.07, 6.45) is 1.26. The molecule has 0 unspecified atom stereocenters. The van der Waals surface area contributed by atoms with Crippen LogP contribution in [0.15, 0.2) is 42.9 Å². The second-order valence-corrected chi connectivity index (χ2v) is 5.86. The molecule has 0 aliphatic rings. The lowest BCUT2D eigenvalue weighted by Gasteiger charge is -2.09. The molecule has 9 heteroatoms. The van der Waals surface area contributed by atoms with Crippen molar-refractivity contribution in [2.24, 2.45) is 0 Å². The van der Waals surface area contributed by atoms with Crippen LogP contribution in [0.1, 0.15) is 0 Å². The van der Waals surface area contributed by atoms with Gasteiger partial charge in [0.1, 0.15) is 6.54 Å². The highest BCUT2D eigenvalue weighted by molar-refractivity contribution is 9.10. The van der Waals surface area contributed by atoms with Gasteiger partial charge in [0.25, 0.3) is 5.56 Å². The molecule has 1 heterocycles. The lowest BCUT2D eigenvalue weighted by atomic mass is 10.3. The highest BCUT2D eigenvalue weighted by Gasteiger charge is 2.09. The van der Waals surface area contributed by atoms with Crippen molar-refractivity contribution in [1.82, 2.24) is 9.55 Å². The third-order valence-corrected chi connectivity index (χ3v) is 3.77. The van der Waals surface area contributed by atoms with Gasteiger partial charge in [0, 0.05) is 16.4 Å². The number of nitrogens with zero attached hydrogens (tertiary/aromatic N) is 1. The van der Waals surface area contributed by atoms with Crippen LogP contribution >= 0.6 is 31.9 Å². The molecule has 1 aromatic carbocycles. The summed E-state index contributed by atoms with van der Waals surface area (Å²) in [5.41, 5.74) is 5.49. The highest BCUT2D eigenvalue weighted by atomic mass is 79.9. The Morgan fingerprint density at radius 1 is 1.29 bits per heavy atom. The Morgan fingerprint density at radius 2 is 2.00 bits per heavy atom. The van der Waals surface area contributed by atoms with Crippen LogP contribution < -0.4 is 22.3 Å². The first-order valence-electron chi connectivity index (χ1n) is 5.71. The standard InChI is InChI=1S/C12H10Br2N4O3/c13-7-3-6(15)1-2-9(7)16-10(19)5-18-4-8(14)11(20)17-12(18)21/h1-4H,5,15H2,(H,16,19)(H,17,20,21). The van der Waals surface area contributed by atoms with Gasteiger partial charge < -0.3 is 11.1 Å². The molecule has 1 aromatic heterocycles. The molecular formula is C12H10Br2N4O3. The molecule has 0 spiro atoms. The summed E-state index contributed by atoms with van der Waals surface area (Å²) in [5.74, 6) is -0.415. The number of carbonyl (C=O) groups excluding carboxylic acids is 1. The zero-order valence-electron chi connectivity index (χ0n) is 10.5. The van der Waals surface area contributed by atoms with E-state index in [1.165, 1.54) is 6.20 Å². The summed E-state index contributed by atoms with van der Waals surface area (Å²) < 4.78 is 1.89. The van der Waals surface area contributed by atoms with Gasteiger partial charge in [0.05, 0.1) is 10.2 Å². The minimum Gasteiger partial charge on any atom is -0.399 e. The quantitative estimate of drug-likeness (QED) is 0.653. The van der Waals surface area contributed by atoms with Crippen molar-refractivity contribution < 1.29 is 4.79 Å². The van der Waals surface area contributed by atoms with Gasteiger partial charge in [-0.15, -0.1) is 0 Å². The molecule has 2 aromatic rings. The number of H-pyrrole nitrogens is 1. The Labute approximate surface area is 135 Å². The van der Waals surface area contributed by atoms with Gasteiger partial charge in [0.15, 0.2) is 0 Å². The topological polar surface area (TPSA) is 110 Å². The van der Waals surface area contributed by atoms with E-state index in [2.05, 4.69) is 42.2 Å². The SMILES string of the molecule is Nc1ccc(NC(=O)Cn2cc(Br)c(=O)[nH]c2=O)c(Br)c1. The predicted octanol–water partition coefficient (Wildman–Crippen LogP) is 1.28. The van der Waals surface area contributed by atoms with Crippen LogP contribution in [-0.2, 0) is 11.3 Å². The summed E-state index contributed by atoms with van der Waals surface area (Å²) in [6.45, 7) is -0.231. The molecule has 0 atom stereocenters. The van der Waals surface area contributed by atoms with Crippen LogP contribution in [0.2, 0.25) is 0 Å². The number of nitrogen functional groups attached to an aromatic ring is 1. The first-order valence-corrected chi connectivity index (χ1v) is 7.29. The van der Waals surface area contributed by atoms with Crippen LogP contribution in [0.25, 0.3) is 0 Å². The lowest BCUT2D eigenvalue weighted by Crippen LogP contribution is -2.33. The van der Waals surface area contributed by atoms with E-state index in [1.54, 1.807) is 18.2 Å². The summed E-state index contributed by atoms with van der Waals surface area (Å²) in [6, 6.07) is 4.93.